The first-order valence-corrected chi connectivity index (χ1v) is 9.53. The van der Waals surface area contributed by atoms with Crippen molar-refractivity contribution in [1.82, 2.24) is 20.3 Å². The number of carbonyl (C=O) groups excluding carboxylic acids is 1. The fraction of sp³-hybridized carbons (Fsp3) is 0.500. The molecular weight excluding hydrogens is 347 g/mol. The summed E-state index contributed by atoms with van der Waals surface area (Å²) in [6, 6.07) is 7.46. The number of rotatable bonds is 8. The van der Waals surface area contributed by atoms with E-state index in [4.69, 9.17) is 4.52 Å². The summed E-state index contributed by atoms with van der Waals surface area (Å²) in [7, 11) is 2.16. The van der Waals surface area contributed by atoms with Gasteiger partial charge in [-0.05, 0) is 50.7 Å². The maximum Gasteiger partial charge on any atom is 0.273 e. The third kappa shape index (κ3) is 5.87. The number of likely N-dealkylation sites (N-methyl/N-ethyl adjacent to an activating group) is 1. The highest BCUT2D eigenvalue weighted by atomic mass is 19.1. The van der Waals surface area contributed by atoms with E-state index in [1.807, 2.05) is 0 Å². The molecule has 27 heavy (non-hydrogen) atoms. The minimum atomic E-state index is -0.316. The maximum absolute atomic E-state index is 13.0. The average molecular weight is 374 g/mol. The Morgan fingerprint density at radius 3 is 2.63 bits per heavy atom. The average Bonchev–Trinajstić information content (AvgIpc) is 3.17. The fourth-order valence-electron chi connectivity index (χ4n) is 3.13. The van der Waals surface area contributed by atoms with Crippen molar-refractivity contribution >= 4 is 5.91 Å². The van der Waals surface area contributed by atoms with Gasteiger partial charge < -0.3 is 19.6 Å². The van der Waals surface area contributed by atoms with E-state index >= 15 is 0 Å². The van der Waals surface area contributed by atoms with Crippen LogP contribution in [-0.4, -0.2) is 67.2 Å². The monoisotopic (exact) mass is 374 g/mol. The highest BCUT2D eigenvalue weighted by molar-refractivity contribution is 5.93. The summed E-state index contributed by atoms with van der Waals surface area (Å²) in [5.74, 6) is -0.109. The van der Waals surface area contributed by atoms with Crippen LogP contribution in [0.3, 0.4) is 0 Å². The van der Waals surface area contributed by atoms with E-state index in [1.54, 1.807) is 18.2 Å². The van der Waals surface area contributed by atoms with Gasteiger partial charge in [0.2, 0.25) is 0 Å². The van der Waals surface area contributed by atoms with E-state index in [0.717, 1.165) is 52.0 Å². The molecule has 0 atom stereocenters. The zero-order chi connectivity index (χ0) is 19.1. The van der Waals surface area contributed by atoms with Crippen molar-refractivity contribution in [1.29, 1.82) is 0 Å². The summed E-state index contributed by atoms with van der Waals surface area (Å²) < 4.78 is 18.2. The number of halogens is 1. The Morgan fingerprint density at radius 1 is 1.15 bits per heavy atom. The molecule has 0 radical (unpaired) electrons. The van der Waals surface area contributed by atoms with Crippen LogP contribution < -0.4 is 5.32 Å². The molecule has 3 rings (SSSR count). The minimum Gasteiger partial charge on any atom is -0.355 e. The molecule has 1 aromatic heterocycles. The van der Waals surface area contributed by atoms with Crippen molar-refractivity contribution in [2.45, 2.75) is 19.3 Å². The lowest BCUT2D eigenvalue weighted by molar-refractivity contribution is 0.0943. The molecule has 0 bridgehead atoms. The van der Waals surface area contributed by atoms with Crippen molar-refractivity contribution < 1.29 is 13.7 Å². The Morgan fingerprint density at radius 2 is 1.89 bits per heavy atom. The molecule has 2 aromatic rings. The molecule has 2 heterocycles. The fourth-order valence-corrected chi connectivity index (χ4v) is 3.13. The molecule has 7 heteroatoms. The van der Waals surface area contributed by atoms with E-state index in [-0.39, 0.29) is 17.4 Å². The van der Waals surface area contributed by atoms with Gasteiger partial charge >= 0.3 is 0 Å². The predicted molar refractivity (Wildman–Crippen MR) is 102 cm³/mol. The molecule has 1 amide bonds. The first-order valence-electron chi connectivity index (χ1n) is 9.53. The topological polar surface area (TPSA) is 61.6 Å². The molecule has 1 saturated heterocycles. The van der Waals surface area contributed by atoms with E-state index in [0.29, 0.717) is 17.9 Å². The Balaban J connectivity index is 1.33. The van der Waals surface area contributed by atoms with Crippen molar-refractivity contribution in [3.05, 3.63) is 41.8 Å². The summed E-state index contributed by atoms with van der Waals surface area (Å²) in [4.78, 5) is 17.0. The molecule has 146 valence electrons. The van der Waals surface area contributed by atoms with Crippen molar-refractivity contribution in [2.24, 2.45) is 0 Å². The van der Waals surface area contributed by atoms with Gasteiger partial charge in [0.15, 0.2) is 11.5 Å². The van der Waals surface area contributed by atoms with E-state index < -0.39 is 0 Å². The first kappa shape index (κ1) is 19.5. The van der Waals surface area contributed by atoms with Crippen LogP contribution >= 0.6 is 0 Å². The quantitative estimate of drug-likeness (QED) is 0.720. The van der Waals surface area contributed by atoms with E-state index in [9.17, 15) is 9.18 Å². The number of carbonyl (C=O) groups is 1. The summed E-state index contributed by atoms with van der Waals surface area (Å²) in [6.45, 7) is 6.35. The number of nitrogens with zero attached hydrogens (tertiary/aromatic N) is 3. The van der Waals surface area contributed by atoms with Gasteiger partial charge in [0, 0.05) is 44.4 Å². The summed E-state index contributed by atoms with van der Waals surface area (Å²) in [5, 5.41) is 6.68. The molecule has 0 spiro atoms. The minimum absolute atomic E-state index is 0.242. The molecule has 0 aliphatic carbocycles. The van der Waals surface area contributed by atoms with Crippen LogP contribution in [-0.2, 0) is 0 Å². The second-order valence-electron chi connectivity index (χ2n) is 7.04. The SMILES string of the molecule is CN1CCN(CCCCCNC(=O)c2cc(-c3ccc(F)cc3)on2)CC1. The molecule has 0 saturated carbocycles. The molecular formula is C20H27FN4O2. The molecule has 1 N–H and O–H groups in total. The number of benzene rings is 1. The van der Waals surface area contributed by atoms with E-state index in [1.165, 1.54) is 12.1 Å². The number of amides is 1. The molecule has 6 nitrogen and oxygen atoms in total. The van der Waals surface area contributed by atoms with Crippen molar-refractivity contribution in [3.63, 3.8) is 0 Å². The summed E-state index contributed by atoms with van der Waals surface area (Å²) in [6.07, 6.45) is 3.19. The third-order valence-electron chi connectivity index (χ3n) is 4.90. The standard InChI is InChI=1S/C20H27FN4O2/c1-24-11-13-25(14-12-24)10-4-2-3-9-22-20(26)18-15-19(27-23-18)16-5-7-17(21)8-6-16/h5-8,15H,2-4,9-14H2,1H3,(H,22,26). The van der Waals surface area contributed by atoms with Gasteiger partial charge in [0.25, 0.3) is 5.91 Å². The number of unbranched alkanes of at least 4 members (excludes halogenated alkanes) is 2. The lowest BCUT2D eigenvalue weighted by atomic mass is 10.1. The predicted octanol–water partition coefficient (Wildman–Crippen LogP) is 2.63. The highest BCUT2D eigenvalue weighted by Crippen LogP contribution is 2.20. The number of hydrogen-bond acceptors (Lipinski definition) is 5. The Kier molecular flexibility index (Phi) is 6.95. The smallest absolute Gasteiger partial charge is 0.273 e. The molecule has 1 fully saturated rings. The van der Waals surface area contributed by atoms with Crippen molar-refractivity contribution in [3.8, 4) is 11.3 Å². The van der Waals surface area contributed by atoms with Crippen LogP contribution in [0.2, 0.25) is 0 Å². The van der Waals surface area contributed by atoms with Gasteiger partial charge in [0.1, 0.15) is 5.82 Å². The van der Waals surface area contributed by atoms with Crippen molar-refractivity contribution in [2.75, 3.05) is 46.3 Å². The second-order valence-corrected chi connectivity index (χ2v) is 7.04. The van der Waals surface area contributed by atoms with Crippen LogP contribution in [0.4, 0.5) is 4.39 Å². The first-order chi connectivity index (χ1) is 13.1. The number of aromatic nitrogens is 1. The van der Waals surface area contributed by atoms with Gasteiger partial charge in [-0.3, -0.25) is 4.79 Å². The Labute approximate surface area is 159 Å². The lowest BCUT2D eigenvalue weighted by Crippen LogP contribution is -2.44. The van der Waals surface area contributed by atoms with Gasteiger partial charge in [0.05, 0.1) is 0 Å². The largest absolute Gasteiger partial charge is 0.355 e. The van der Waals surface area contributed by atoms with Crippen LogP contribution in [0.25, 0.3) is 11.3 Å². The van der Waals surface area contributed by atoms with Gasteiger partial charge in [-0.15, -0.1) is 0 Å². The molecule has 1 aliphatic heterocycles. The van der Waals surface area contributed by atoms with Crippen LogP contribution in [0, 0.1) is 5.82 Å². The molecule has 0 unspecified atom stereocenters. The third-order valence-corrected chi connectivity index (χ3v) is 4.90. The van der Waals surface area contributed by atoms with E-state index in [2.05, 4.69) is 27.3 Å². The Bertz CT molecular complexity index is 724. The summed E-state index contributed by atoms with van der Waals surface area (Å²) in [5.41, 5.74) is 0.929. The number of piperazine rings is 1. The number of hydrogen-bond donors (Lipinski definition) is 1. The zero-order valence-corrected chi connectivity index (χ0v) is 15.8. The maximum atomic E-state index is 13.0. The molecule has 1 aliphatic rings. The van der Waals surface area contributed by atoms with Crippen LogP contribution in [0.5, 0.6) is 0 Å². The number of nitrogens with one attached hydrogen (secondary N) is 1. The van der Waals surface area contributed by atoms with Gasteiger partial charge in [-0.1, -0.05) is 11.6 Å². The van der Waals surface area contributed by atoms with Gasteiger partial charge in [-0.25, -0.2) is 4.39 Å². The zero-order valence-electron chi connectivity index (χ0n) is 15.8. The Hall–Kier alpha value is -2.25. The van der Waals surface area contributed by atoms with Crippen LogP contribution in [0.1, 0.15) is 29.8 Å². The highest BCUT2D eigenvalue weighted by Gasteiger charge is 2.14. The lowest BCUT2D eigenvalue weighted by Gasteiger charge is -2.32. The van der Waals surface area contributed by atoms with Gasteiger partial charge in [-0.2, -0.15) is 0 Å². The summed E-state index contributed by atoms with van der Waals surface area (Å²) >= 11 is 0. The second kappa shape index (κ2) is 9.62. The van der Waals surface area contributed by atoms with Crippen LogP contribution in [0.15, 0.2) is 34.9 Å². The normalized spacial score (nSPS) is 15.8. The molecule has 1 aromatic carbocycles.